The van der Waals surface area contributed by atoms with Gasteiger partial charge in [0.25, 0.3) is 0 Å². The Morgan fingerprint density at radius 2 is 1.87 bits per heavy atom. The molecule has 8 atom stereocenters. The number of nitrogens with one attached hydrogen (secondary N) is 5. The predicted octanol–water partition coefficient (Wildman–Crippen LogP) is -0.570. The van der Waals surface area contributed by atoms with Crippen LogP contribution < -0.4 is 32.3 Å². The van der Waals surface area contributed by atoms with E-state index in [0.29, 0.717) is 25.3 Å². The van der Waals surface area contributed by atoms with E-state index in [1.54, 1.807) is 0 Å². The number of fused-ring (bicyclic) bond motifs is 1. The number of rotatable bonds is 9. The van der Waals surface area contributed by atoms with Gasteiger partial charge in [-0.05, 0) is 63.5 Å². The third-order valence-corrected chi connectivity index (χ3v) is 9.37. The largest absolute Gasteiger partial charge is 0.387 e. The zero-order valence-corrected chi connectivity index (χ0v) is 24.5. The fourth-order valence-electron chi connectivity index (χ4n) is 6.67. The van der Waals surface area contributed by atoms with Crippen molar-refractivity contribution in [2.75, 3.05) is 33.5 Å². The number of nitrogens with two attached hydrogens (primary N) is 1. The van der Waals surface area contributed by atoms with Crippen LogP contribution >= 0.6 is 0 Å². The first-order chi connectivity index (χ1) is 18.5. The highest BCUT2D eigenvalue weighted by molar-refractivity contribution is 5.74. The lowest BCUT2D eigenvalue weighted by atomic mass is 9.71. The third-order valence-electron chi connectivity index (χ3n) is 9.37. The number of hydrogen-bond donors (Lipinski definition) is 8. The van der Waals surface area contributed by atoms with Crippen molar-refractivity contribution in [3.8, 4) is 0 Å². The standard InChI is InChI=1S/C27H54N8O4/c1-6-17(32-26(38)33-18-9-7-16(8-10-18)27(2,3)4)11-12-34(5)13-19-21(36)22(37)25(39-19)35-15-31-20-23(28)29-14-30-24(20)35/h16-25,29-31,36-37H,6-15,28H2,1-5H3,(H2,32,33,38)/t16?,17-,18?,19+,20?,21+,22+,23?,24?,25+/m0/s1. The van der Waals surface area contributed by atoms with Crippen LogP contribution in [0.2, 0.25) is 0 Å². The molecule has 3 saturated heterocycles. The van der Waals surface area contributed by atoms with E-state index >= 15 is 0 Å². The van der Waals surface area contributed by atoms with Crippen LogP contribution in [0.4, 0.5) is 4.79 Å². The number of amides is 2. The van der Waals surface area contributed by atoms with Crippen LogP contribution in [0.3, 0.4) is 0 Å². The molecule has 0 radical (unpaired) electrons. The van der Waals surface area contributed by atoms with Gasteiger partial charge >= 0.3 is 6.03 Å². The van der Waals surface area contributed by atoms with Gasteiger partial charge in [0.1, 0.15) is 24.5 Å². The quantitative estimate of drug-likeness (QED) is 0.185. The molecule has 3 unspecified atom stereocenters. The van der Waals surface area contributed by atoms with Gasteiger partial charge in [-0.3, -0.25) is 16.0 Å². The maximum absolute atomic E-state index is 12.7. The topological polar surface area (TPSA) is 159 Å². The molecule has 2 amide bonds. The second-order valence-corrected chi connectivity index (χ2v) is 13.2. The van der Waals surface area contributed by atoms with Crippen molar-refractivity contribution < 1.29 is 19.7 Å². The minimum atomic E-state index is -1.01. The Morgan fingerprint density at radius 3 is 2.54 bits per heavy atom. The number of ether oxygens (including phenoxy) is 1. The molecular formula is C27H54N8O4. The Bertz CT molecular complexity index is 792. The van der Waals surface area contributed by atoms with Crippen molar-refractivity contribution in [1.82, 2.24) is 36.4 Å². The molecule has 4 aliphatic rings. The van der Waals surface area contributed by atoms with Crippen molar-refractivity contribution in [2.45, 2.75) is 121 Å². The summed E-state index contributed by atoms with van der Waals surface area (Å²) in [7, 11) is 1.98. The molecule has 0 aromatic rings. The molecule has 3 heterocycles. The molecule has 0 aromatic carbocycles. The normalized spacial score (nSPS) is 38.5. The van der Waals surface area contributed by atoms with Crippen molar-refractivity contribution in [3.05, 3.63) is 0 Å². The zero-order valence-electron chi connectivity index (χ0n) is 24.5. The monoisotopic (exact) mass is 554 g/mol. The highest BCUT2D eigenvalue weighted by Gasteiger charge is 2.51. The van der Waals surface area contributed by atoms with Crippen molar-refractivity contribution in [2.24, 2.45) is 17.1 Å². The van der Waals surface area contributed by atoms with E-state index in [9.17, 15) is 15.0 Å². The second kappa shape index (κ2) is 13.3. The van der Waals surface area contributed by atoms with Crippen LogP contribution in [0.25, 0.3) is 0 Å². The van der Waals surface area contributed by atoms with E-state index in [-0.39, 0.29) is 36.5 Å². The van der Waals surface area contributed by atoms with Crippen LogP contribution in [0.1, 0.15) is 66.2 Å². The van der Waals surface area contributed by atoms with Crippen molar-refractivity contribution >= 4 is 6.03 Å². The highest BCUT2D eigenvalue weighted by atomic mass is 16.6. The molecule has 0 bridgehead atoms. The number of carbonyl (C=O) groups is 1. The van der Waals surface area contributed by atoms with Gasteiger partial charge in [0.2, 0.25) is 0 Å². The van der Waals surface area contributed by atoms with Gasteiger partial charge in [0, 0.05) is 25.3 Å². The average molecular weight is 555 g/mol. The molecule has 0 aromatic heterocycles. The Kier molecular flexibility index (Phi) is 10.5. The smallest absolute Gasteiger partial charge is 0.315 e. The first-order valence-corrected chi connectivity index (χ1v) is 15.0. The molecule has 12 nitrogen and oxygen atoms in total. The molecule has 1 aliphatic carbocycles. The Balaban J connectivity index is 1.18. The molecule has 12 heteroatoms. The van der Waals surface area contributed by atoms with E-state index in [2.05, 4.69) is 59.2 Å². The lowest BCUT2D eigenvalue weighted by Gasteiger charge is -2.38. The second-order valence-electron chi connectivity index (χ2n) is 13.2. The van der Waals surface area contributed by atoms with Gasteiger partial charge in [0.05, 0.1) is 25.0 Å². The summed E-state index contributed by atoms with van der Waals surface area (Å²) in [6.07, 6.45) is 2.65. The molecule has 4 fully saturated rings. The van der Waals surface area contributed by atoms with Crippen LogP contribution in [0.15, 0.2) is 0 Å². The average Bonchev–Trinajstić information content (AvgIpc) is 3.43. The number of nitrogens with zero attached hydrogens (tertiary/aromatic N) is 2. The van der Waals surface area contributed by atoms with Crippen molar-refractivity contribution in [3.63, 3.8) is 0 Å². The summed E-state index contributed by atoms with van der Waals surface area (Å²) >= 11 is 0. The molecule has 4 rings (SSSR count). The van der Waals surface area contributed by atoms with Crippen LogP contribution in [-0.4, -0.2) is 115 Å². The summed E-state index contributed by atoms with van der Waals surface area (Å²) in [5.41, 5.74) is 6.50. The summed E-state index contributed by atoms with van der Waals surface area (Å²) in [5.74, 6) is 0.722. The minimum Gasteiger partial charge on any atom is -0.387 e. The van der Waals surface area contributed by atoms with E-state index in [1.807, 2.05) is 11.9 Å². The molecule has 226 valence electrons. The molecule has 3 aliphatic heterocycles. The first kappa shape index (κ1) is 30.9. The number of hydrogen-bond acceptors (Lipinski definition) is 10. The fourth-order valence-corrected chi connectivity index (χ4v) is 6.67. The van der Waals surface area contributed by atoms with Gasteiger partial charge in [-0.1, -0.05) is 27.7 Å². The number of aliphatic hydroxyl groups is 2. The minimum absolute atomic E-state index is 0.0115. The third kappa shape index (κ3) is 7.60. The molecule has 0 spiro atoms. The highest BCUT2D eigenvalue weighted by Crippen LogP contribution is 2.37. The predicted molar refractivity (Wildman–Crippen MR) is 150 cm³/mol. The molecule has 39 heavy (non-hydrogen) atoms. The van der Waals surface area contributed by atoms with Crippen LogP contribution in [0, 0.1) is 11.3 Å². The summed E-state index contributed by atoms with van der Waals surface area (Å²) < 4.78 is 6.20. The van der Waals surface area contributed by atoms with E-state index in [0.717, 1.165) is 51.0 Å². The molecule has 1 saturated carbocycles. The van der Waals surface area contributed by atoms with Gasteiger partial charge in [-0.2, -0.15) is 0 Å². The first-order valence-electron chi connectivity index (χ1n) is 15.0. The van der Waals surface area contributed by atoms with E-state index in [4.69, 9.17) is 10.5 Å². The maximum atomic E-state index is 12.7. The van der Waals surface area contributed by atoms with E-state index < -0.39 is 24.5 Å². The number of aliphatic hydroxyl groups excluding tert-OH is 2. The Labute approximate surface area is 234 Å². The zero-order chi connectivity index (χ0) is 28.3. The summed E-state index contributed by atoms with van der Waals surface area (Å²) in [6, 6.07) is 0.227. The Morgan fingerprint density at radius 1 is 1.15 bits per heavy atom. The fraction of sp³-hybridized carbons (Fsp3) is 0.963. The van der Waals surface area contributed by atoms with Gasteiger partial charge < -0.3 is 36.2 Å². The lowest BCUT2D eigenvalue weighted by molar-refractivity contribution is -0.106. The van der Waals surface area contributed by atoms with Gasteiger partial charge in [0.15, 0.2) is 0 Å². The van der Waals surface area contributed by atoms with Crippen LogP contribution in [0.5, 0.6) is 0 Å². The van der Waals surface area contributed by atoms with Crippen LogP contribution in [-0.2, 0) is 4.74 Å². The molecule has 9 N–H and O–H groups in total. The number of carbonyl (C=O) groups excluding carboxylic acids is 1. The Hall–Kier alpha value is -1.09. The van der Waals surface area contributed by atoms with Gasteiger partial charge in [-0.15, -0.1) is 0 Å². The van der Waals surface area contributed by atoms with Gasteiger partial charge in [-0.25, -0.2) is 9.69 Å². The number of urea groups is 1. The summed E-state index contributed by atoms with van der Waals surface area (Å²) in [4.78, 5) is 16.8. The SMILES string of the molecule is CC[C@@H](CCN(C)C[C@H]1O[C@@H](N2CNC3C(N)NCNC32)[C@H](O)[C@@H]1O)NC(=O)NC1CCC(C(C)(C)C)CC1. The van der Waals surface area contributed by atoms with Crippen molar-refractivity contribution in [1.29, 1.82) is 0 Å². The number of likely N-dealkylation sites (N-methyl/N-ethyl adjacent to an activating group) is 1. The maximum Gasteiger partial charge on any atom is 0.315 e. The lowest BCUT2D eigenvalue weighted by Crippen LogP contribution is -2.68. The molecular weight excluding hydrogens is 500 g/mol. The summed E-state index contributed by atoms with van der Waals surface area (Å²) in [6.45, 7) is 11.3. The van der Waals surface area contributed by atoms with E-state index in [1.165, 1.54) is 0 Å². The summed E-state index contributed by atoms with van der Waals surface area (Å²) in [5, 5.41) is 37.8.